The fourth-order valence-corrected chi connectivity index (χ4v) is 2.82. The summed E-state index contributed by atoms with van der Waals surface area (Å²) in [6, 6.07) is 0. The molecule has 0 amide bonds. The number of hydrogen-bond donors (Lipinski definition) is 1. The van der Waals surface area contributed by atoms with E-state index in [0.717, 1.165) is 6.54 Å². The minimum atomic E-state index is -4.41. The van der Waals surface area contributed by atoms with Crippen LogP contribution in [0.5, 0.6) is 0 Å². The van der Waals surface area contributed by atoms with Gasteiger partial charge in [0.2, 0.25) is 0 Å². The molecular formula is C7H14FNO3S. The summed E-state index contributed by atoms with van der Waals surface area (Å²) in [5.41, 5.74) is -0.567. The van der Waals surface area contributed by atoms with E-state index in [-0.39, 0.29) is 6.61 Å². The molecule has 1 N–H and O–H groups in total. The van der Waals surface area contributed by atoms with E-state index in [1.807, 2.05) is 0 Å². The highest BCUT2D eigenvalue weighted by Crippen LogP contribution is 2.28. The Kier molecular flexibility index (Phi) is 3.26. The second-order valence-electron chi connectivity index (χ2n) is 3.54. The topological polar surface area (TPSA) is 55.4 Å². The van der Waals surface area contributed by atoms with Crippen LogP contribution in [0.4, 0.5) is 3.89 Å². The van der Waals surface area contributed by atoms with Crippen molar-refractivity contribution in [3.63, 3.8) is 0 Å². The highest BCUT2D eigenvalue weighted by Gasteiger charge is 2.38. The van der Waals surface area contributed by atoms with Crippen molar-refractivity contribution < 1.29 is 17.0 Å². The summed E-state index contributed by atoms with van der Waals surface area (Å²) in [6.07, 6.45) is 0.643. The highest BCUT2D eigenvalue weighted by molar-refractivity contribution is 7.86. The average Bonchev–Trinajstić information content (AvgIpc) is 2.33. The third-order valence-corrected chi connectivity index (χ3v) is 3.22. The van der Waals surface area contributed by atoms with Crippen LogP contribution in [0.1, 0.15) is 6.42 Å². The van der Waals surface area contributed by atoms with Crippen molar-refractivity contribution in [1.82, 2.24) is 5.32 Å². The van der Waals surface area contributed by atoms with Crippen molar-refractivity contribution in [2.45, 2.75) is 6.42 Å². The van der Waals surface area contributed by atoms with Gasteiger partial charge >= 0.3 is 10.2 Å². The van der Waals surface area contributed by atoms with E-state index < -0.39 is 21.4 Å². The van der Waals surface area contributed by atoms with Crippen LogP contribution in [-0.4, -0.2) is 41.0 Å². The van der Waals surface area contributed by atoms with Gasteiger partial charge in [0, 0.05) is 19.1 Å². The SMILES string of the molecule is COCC1(CS(=O)(=O)F)CCNC1. The summed E-state index contributed by atoms with van der Waals surface area (Å²) in [6.45, 7) is 1.51. The molecule has 0 bridgehead atoms. The van der Waals surface area contributed by atoms with Crippen LogP contribution in [0.2, 0.25) is 0 Å². The van der Waals surface area contributed by atoms with Gasteiger partial charge in [-0.3, -0.25) is 0 Å². The molecule has 1 saturated heterocycles. The smallest absolute Gasteiger partial charge is 0.303 e. The number of hydrogen-bond acceptors (Lipinski definition) is 4. The summed E-state index contributed by atoms with van der Waals surface area (Å²) in [5, 5.41) is 3.01. The Labute approximate surface area is 77.7 Å². The molecule has 1 heterocycles. The van der Waals surface area contributed by atoms with Crippen molar-refractivity contribution in [3.05, 3.63) is 0 Å². The van der Waals surface area contributed by atoms with Gasteiger partial charge in [0.1, 0.15) is 0 Å². The van der Waals surface area contributed by atoms with Crippen LogP contribution >= 0.6 is 0 Å². The first-order valence-electron chi connectivity index (χ1n) is 4.09. The van der Waals surface area contributed by atoms with E-state index in [4.69, 9.17) is 4.74 Å². The Morgan fingerprint density at radius 3 is 2.69 bits per heavy atom. The fourth-order valence-electron chi connectivity index (χ4n) is 1.76. The minimum Gasteiger partial charge on any atom is -0.384 e. The van der Waals surface area contributed by atoms with Gasteiger partial charge in [0.15, 0.2) is 0 Å². The second-order valence-corrected chi connectivity index (χ2v) is 4.91. The summed E-state index contributed by atoms with van der Waals surface area (Å²) in [4.78, 5) is 0. The number of halogens is 1. The first-order chi connectivity index (χ1) is 5.97. The van der Waals surface area contributed by atoms with E-state index >= 15 is 0 Å². The molecule has 78 valence electrons. The lowest BCUT2D eigenvalue weighted by atomic mass is 9.91. The average molecular weight is 211 g/mol. The molecule has 0 saturated carbocycles. The maximum Gasteiger partial charge on any atom is 0.303 e. The maximum absolute atomic E-state index is 12.5. The standard InChI is InChI=1S/C7H14FNO3S/c1-12-5-7(2-3-9-4-7)6-13(8,10)11/h9H,2-6H2,1H3. The lowest BCUT2D eigenvalue weighted by molar-refractivity contribution is 0.106. The Bertz CT molecular complexity index is 259. The van der Waals surface area contributed by atoms with E-state index in [2.05, 4.69) is 5.32 Å². The van der Waals surface area contributed by atoms with Crippen LogP contribution in [0, 0.1) is 5.41 Å². The summed E-state index contributed by atoms with van der Waals surface area (Å²) < 4.78 is 38.4. The van der Waals surface area contributed by atoms with Crippen LogP contribution < -0.4 is 5.32 Å². The van der Waals surface area contributed by atoms with Gasteiger partial charge in [-0.25, -0.2) is 0 Å². The zero-order chi connectivity index (χ0) is 9.95. The molecule has 0 aromatic heterocycles. The normalized spacial score (nSPS) is 29.4. The van der Waals surface area contributed by atoms with Gasteiger partial charge in [0.05, 0.1) is 12.4 Å². The number of ether oxygens (including phenoxy) is 1. The molecule has 1 unspecified atom stereocenters. The largest absolute Gasteiger partial charge is 0.384 e. The van der Waals surface area contributed by atoms with E-state index in [1.165, 1.54) is 7.11 Å². The lowest BCUT2D eigenvalue weighted by Gasteiger charge is -2.24. The zero-order valence-corrected chi connectivity index (χ0v) is 8.36. The van der Waals surface area contributed by atoms with Crippen LogP contribution in [0.25, 0.3) is 0 Å². The monoisotopic (exact) mass is 211 g/mol. The van der Waals surface area contributed by atoms with Gasteiger partial charge in [-0.05, 0) is 13.0 Å². The molecule has 0 spiro atoms. The molecule has 1 aliphatic rings. The van der Waals surface area contributed by atoms with Gasteiger partial charge < -0.3 is 10.1 Å². The third kappa shape index (κ3) is 3.21. The quantitative estimate of drug-likeness (QED) is 0.660. The molecule has 13 heavy (non-hydrogen) atoms. The fraction of sp³-hybridized carbons (Fsp3) is 1.00. The van der Waals surface area contributed by atoms with Crippen molar-refractivity contribution in [1.29, 1.82) is 0 Å². The third-order valence-electron chi connectivity index (χ3n) is 2.26. The Hall–Kier alpha value is -0.200. The Morgan fingerprint density at radius 2 is 2.31 bits per heavy atom. The summed E-state index contributed by atoms with van der Waals surface area (Å²) in [7, 11) is -2.92. The first-order valence-corrected chi connectivity index (χ1v) is 5.65. The predicted molar refractivity (Wildman–Crippen MR) is 46.7 cm³/mol. The number of nitrogens with one attached hydrogen (secondary N) is 1. The molecule has 0 aromatic rings. The predicted octanol–water partition coefficient (Wildman–Crippen LogP) is -0.0882. The van der Waals surface area contributed by atoms with E-state index in [9.17, 15) is 12.3 Å². The minimum absolute atomic E-state index is 0.281. The van der Waals surface area contributed by atoms with Crippen molar-refractivity contribution in [3.8, 4) is 0 Å². The molecule has 0 radical (unpaired) electrons. The molecule has 0 aliphatic carbocycles. The van der Waals surface area contributed by atoms with Crippen LogP contribution in [0.15, 0.2) is 0 Å². The van der Waals surface area contributed by atoms with Gasteiger partial charge in [-0.15, -0.1) is 3.89 Å². The van der Waals surface area contributed by atoms with Crippen molar-refractivity contribution in [2.24, 2.45) is 5.41 Å². The molecular weight excluding hydrogens is 197 g/mol. The maximum atomic E-state index is 12.5. The summed E-state index contributed by atoms with van der Waals surface area (Å²) >= 11 is 0. The van der Waals surface area contributed by atoms with E-state index in [0.29, 0.717) is 13.0 Å². The highest BCUT2D eigenvalue weighted by atomic mass is 32.3. The lowest BCUT2D eigenvalue weighted by Crippen LogP contribution is -2.35. The van der Waals surface area contributed by atoms with Crippen LogP contribution in [-0.2, 0) is 15.0 Å². The molecule has 6 heteroatoms. The number of methoxy groups -OCH3 is 1. The molecule has 1 atom stereocenters. The summed E-state index contributed by atoms with van der Waals surface area (Å²) in [5.74, 6) is -0.444. The Balaban J connectivity index is 2.67. The van der Waals surface area contributed by atoms with Gasteiger partial charge in [-0.1, -0.05) is 0 Å². The van der Waals surface area contributed by atoms with E-state index in [1.54, 1.807) is 0 Å². The van der Waals surface area contributed by atoms with Gasteiger partial charge in [-0.2, -0.15) is 8.42 Å². The molecule has 1 aliphatic heterocycles. The van der Waals surface area contributed by atoms with Crippen molar-refractivity contribution in [2.75, 3.05) is 32.6 Å². The van der Waals surface area contributed by atoms with Crippen LogP contribution in [0.3, 0.4) is 0 Å². The van der Waals surface area contributed by atoms with Crippen molar-refractivity contribution >= 4 is 10.2 Å². The van der Waals surface area contributed by atoms with Gasteiger partial charge in [0.25, 0.3) is 0 Å². The molecule has 0 aromatic carbocycles. The molecule has 4 nitrogen and oxygen atoms in total. The molecule has 1 fully saturated rings. The Morgan fingerprint density at radius 1 is 1.62 bits per heavy atom. The zero-order valence-electron chi connectivity index (χ0n) is 7.55. The first kappa shape index (κ1) is 10.9. The second kappa shape index (κ2) is 3.89. The number of rotatable bonds is 4. The molecule has 1 rings (SSSR count).